The number of rotatable bonds is 3. The Morgan fingerprint density at radius 1 is 1.24 bits per heavy atom. The van der Waals surface area contributed by atoms with Gasteiger partial charge in [0.15, 0.2) is 0 Å². The summed E-state index contributed by atoms with van der Waals surface area (Å²) < 4.78 is 1.57. The standard InChI is InChI=1S/C14H12Br2N2O3/c1-6-11(7(2)17-12(6)14(20)21)13(19)18-10-5-8(15)3-4-9(10)16/h3-5,17H,1-2H3,(H,18,19)(H,20,21). The fourth-order valence-electron chi connectivity index (χ4n) is 2.08. The van der Waals surface area contributed by atoms with Gasteiger partial charge in [0.2, 0.25) is 0 Å². The number of amides is 1. The molecule has 1 aromatic carbocycles. The zero-order valence-electron chi connectivity index (χ0n) is 11.3. The Bertz CT molecular complexity index is 738. The molecule has 3 N–H and O–H groups in total. The van der Waals surface area contributed by atoms with Gasteiger partial charge in [-0.25, -0.2) is 4.79 Å². The van der Waals surface area contributed by atoms with Crippen molar-refractivity contribution in [3.05, 3.63) is 49.7 Å². The fraction of sp³-hybridized carbons (Fsp3) is 0.143. The van der Waals surface area contributed by atoms with Crippen LogP contribution < -0.4 is 5.32 Å². The second-order valence-electron chi connectivity index (χ2n) is 4.51. The Balaban J connectivity index is 2.37. The number of carboxylic acids is 1. The second-order valence-corrected chi connectivity index (χ2v) is 6.28. The molecule has 0 saturated heterocycles. The Kier molecular flexibility index (Phi) is 4.53. The van der Waals surface area contributed by atoms with E-state index in [1.807, 2.05) is 6.07 Å². The smallest absolute Gasteiger partial charge is 0.352 e. The number of benzene rings is 1. The minimum Gasteiger partial charge on any atom is -0.477 e. The summed E-state index contributed by atoms with van der Waals surface area (Å²) in [6.45, 7) is 3.28. The molecular formula is C14H12Br2N2O3. The van der Waals surface area contributed by atoms with Crippen molar-refractivity contribution in [2.75, 3.05) is 5.32 Å². The van der Waals surface area contributed by atoms with Gasteiger partial charge >= 0.3 is 5.97 Å². The number of carbonyl (C=O) groups is 2. The van der Waals surface area contributed by atoms with Crippen molar-refractivity contribution in [1.29, 1.82) is 0 Å². The third-order valence-corrected chi connectivity index (χ3v) is 4.24. The van der Waals surface area contributed by atoms with E-state index in [4.69, 9.17) is 5.11 Å². The first-order valence-electron chi connectivity index (χ1n) is 6.00. The van der Waals surface area contributed by atoms with Gasteiger partial charge in [-0.15, -0.1) is 0 Å². The number of hydrogen-bond donors (Lipinski definition) is 3. The zero-order valence-corrected chi connectivity index (χ0v) is 14.4. The second kappa shape index (κ2) is 6.03. The van der Waals surface area contributed by atoms with Crippen LogP contribution in [-0.4, -0.2) is 22.0 Å². The number of aryl methyl sites for hydroxylation is 1. The zero-order chi connectivity index (χ0) is 15.7. The minimum atomic E-state index is -1.08. The average Bonchev–Trinajstić information content (AvgIpc) is 2.69. The molecule has 0 unspecified atom stereocenters. The first-order valence-corrected chi connectivity index (χ1v) is 7.58. The van der Waals surface area contributed by atoms with Gasteiger partial charge in [0.25, 0.3) is 5.91 Å². The van der Waals surface area contributed by atoms with Crippen LogP contribution in [0.3, 0.4) is 0 Å². The van der Waals surface area contributed by atoms with Gasteiger partial charge in [-0.05, 0) is 53.5 Å². The molecule has 0 saturated carbocycles. The van der Waals surface area contributed by atoms with Gasteiger partial charge < -0.3 is 15.4 Å². The molecule has 0 aliphatic heterocycles. The lowest BCUT2D eigenvalue weighted by molar-refractivity contribution is 0.0690. The van der Waals surface area contributed by atoms with E-state index in [1.54, 1.807) is 26.0 Å². The van der Waals surface area contributed by atoms with Crippen LogP contribution in [0.2, 0.25) is 0 Å². The quantitative estimate of drug-likeness (QED) is 0.705. The number of H-pyrrole nitrogens is 1. The number of halogens is 2. The maximum absolute atomic E-state index is 12.4. The molecule has 21 heavy (non-hydrogen) atoms. The van der Waals surface area contributed by atoms with E-state index in [-0.39, 0.29) is 11.6 Å². The van der Waals surface area contributed by atoms with E-state index < -0.39 is 5.97 Å². The van der Waals surface area contributed by atoms with Gasteiger partial charge in [0.05, 0.1) is 11.3 Å². The molecular weight excluding hydrogens is 404 g/mol. The molecule has 0 aliphatic carbocycles. The summed E-state index contributed by atoms with van der Waals surface area (Å²) in [5, 5.41) is 11.9. The van der Waals surface area contributed by atoms with Crippen LogP contribution in [0.5, 0.6) is 0 Å². The van der Waals surface area contributed by atoms with Gasteiger partial charge in [0, 0.05) is 14.6 Å². The third kappa shape index (κ3) is 3.19. The number of aromatic amines is 1. The molecule has 2 aromatic rings. The summed E-state index contributed by atoms with van der Waals surface area (Å²) in [5.41, 5.74) is 1.92. The topological polar surface area (TPSA) is 82.2 Å². The maximum atomic E-state index is 12.4. The molecule has 0 spiro atoms. The molecule has 0 fully saturated rings. The Morgan fingerprint density at radius 3 is 2.48 bits per heavy atom. The number of hydrogen-bond acceptors (Lipinski definition) is 2. The summed E-state index contributed by atoms with van der Waals surface area (Å²) >= 11 is 6.70. The summed E-state index contributed by atoms with van der Waals surface area (Å²) in [4.78, 5) is 26.2. The number of nitrogens with one attached hydrogen (secondary N) is 2. The molecule has 1 heterocycles. The van der Waals surface area contributed by atoms with Crippen LogP contribution in [0.4, 0.5) is 5.69 Å². The summed E-state index contributed by atoms with van der Waals surface area (Å²) in [6, 6.07) is 5.41. The first kappa shape index (κ1) is 15.8. The predicted octanol–water partition coefficient (Wildman–Crippen LogP) is 4.11. The van der Waals surface area contributed by atoms with Crippen LogP contribution in [0.25, 0.3) is 0 Å². The van der Waals surface area contributed by atoms with Gasteiger partial charge in [-0.1, -0.05) is 15.9 Å². The van der Waals surface area contributed by atoms with Crippen LogP contribution in [0, 0.1) is 13.8 Å². The lowest BCUT2D eigenvalue weighted by Gasteiger charge is -2.08. The number of anilines is 1. The highest BCUT2D eigenvalue weighted by Crippen LogP contribution is 2.27. The van der Waals surface area contributed by atoms with Crippen LogP contribution in [-0.2, 0) is 0 Å². The maximum Gasteiger partial charge on any atom is 0.352 e. The van der Waals surface area contributed by atoms with E-state index in [0.717, 1.165) is 8.95 Å². The lowest BCUT2D eigenvalue weighted by Crippen LogP contribution is -2.14. The van der Waals surface area contributed by atoms with Crippen molar-refractivity contribution in [3.8, 4) is 0 Å². The first-order chi connectivity index (χ1) is 9.81. The highest BCUT2D eigenvalue weighted by atomic mass is 79.9. The summed E-state index contributed by atoms with van der Waals surface area (Å²) in [6.07, 6.45) is 0. The molecule has 1 amide bonds. The van der Waals surface area contributed by atoms with Crippen molar-refractivity contribution in [1.82, 2.24) is 4.98 Å². The molecule has 5 nitrogen and oxygen atoms in total. The summed E-state index contributed by atoms with van der Waals surface area (Å²) in [5.74, 6) is -1.44. The highest BCUT2D eigenvalue weighted by Gasteiger charge is 2.22. The van der Waals surface area contributed by atoms with E-state index in [2.05, 4.69) is 42.2 Å². The Hall–Kier alpha value is -1.60. The Labute approximate surface area is 138 Å². The molecule has 0 radical (unpaired) electrons. The van der Waals surface area contributed by atoms with Gasteiger partial charge in [0.1, 0.15) is 5.69 Å². The average molecular weight is 416 g/mol. The van der Waals surface area contributed by atoms with Crippen molar-refractivity contribution >= 4 is 49.4 Å². The number of carboxylic acid groups (broad SMARTS) is 1. The molecule has 0 bridgehead atoms. The van der Waals surface area contributed by atoms with E-state index >= 15 is 0 Å². The predicted molar refractivity (Wildman–Crippen MR) is 87.0 cm³/mol. The Morgan fingerprint density at radius 2 is 1.90 bits per heavy atom. The largest absolute Gasteiger partial charge is 0.477 e. The molecule has 110 valence electrons. The monoisotopic (exact) mass is 414 g/mol. The molecule has 0 atom stereocenters. The van der Waals surface area contributed by atoms with Crippen LogP contribution >= 0.6 is 31.9 Å². The van der Waals surface area contributed by atoms with E-state index in [1.165, 1.54) is 0 Å². The van der Waals surface area contributed by atoms with Gasteiger partial charge in [-0.2, -0.15) is 0 Å². The van der Waals surface area contributed by atoms with E-state index in [0.29, 0.717) is 22.5 Å². The van der Waals surface area contributed by atoms with Gasteiger partial charge in [-0.3, -0.25) is 4.79 Å². The lowest BCUT2D eigenvalue weighted by atomic mass is 10.1. The van der Waals surface area contributed by atoms with E-state index in [9.17, 15) is 9.59 Å². The number of carbonyl (C=O) groups excluding carboxylic acids is 1. The normalized spacial score (nSPS) is 10.5. The van der Waals surface area contributed by atoms with Crippen molar-refractivity contribution < 1.29 is 14.7 Å². The molecule has 1 aromatic heterocycles. The highest BCUT2D eigenvalue weighted by molar-refractivity contribution is 9.11. The molecule has 2 rings (SSSR count). The minimum absolute atomic E-state index is 0.0333. The number of aromatic nitrogens is 1. The summed E-state index contributed by atoms with van der Waals surface area (Å²) in [7, 11) is 0. The van der Waals surface area contributed by atoms with Crippen LogP contribution in [0.1, 0.15) is 32.1 Å². The third-order valence-electron chi connectivity index (χ3n) is 3.06. The van der Waals surface area contributed by atoms with Crippen molar-refractivity contribution in [2.24, 2.45) is 0 Å². The van der Waals surface area contributed by atoms with Crippen molar-refractivity contribution in [3.63, 3.8) is 0 Å². The van der Waals surface area contributed by atoms with Crippen molar-refractivity contribution in [2.45, 2.75) is 13.8 Å². The molecule has 7 heteroatoms. The van der Waals surface area contributed by atoms with Crippen LogP contribution in [0.15, 0.2) is 27.1 Å². The number of aromatic carboxylic acids is 1. The molecule has 0 aliphatic rings. The fourth-order valence-corrected chi connectivity index (χ4v) is 2.79. The SMILES string of the molecule is Cc1[nH]c(C(=O)O)c(C)c1C(=O)Nc1cc(Br)ccc1Br.